The van der Waals surface area contributed by atoms with E-state index in [2.05, 4.69) is 32.2 Å². The fourth-order valence-corrected chi connectivity index (χ4v) is 2.10. The number of aromatic nitrogens is 1. The van der Waals surface area contributed by atoms with Crippen molar-refractivity contribution >= 4 is 31.8 Å². The number of halogens is 1. The molecule has 0 aliphatic carbocycles. The second-order valence-corrected chi connectivity index (χ2v) is 5.65. The molecule has 0 aromatic carbocycles. The van der Waals surface area contributed by atoms with Crippen molar-refractivity contribution in [1.82, 2.24) is 9.71 Å². The zero-order chi connectivity index (χ0) is 11.5. The third kappa shape index (κ3) is 3.61. The highest BCUT2D eigenvalue weighted by Crippen LogP contribution is 2.09. The van der Waals surface area contributed by atoms with Crippen molar-refractivity contribution in [2.75, 3.05) is 12.3 Å². The van der Waals surface area contributed by atoms with Crippen LogP contribution < -0.4 is 10.5 Å². The van der Waals surface area contributed by atoms with Crippen molar-refractivity contribution < 1.29 is 8.42 Å². The predicted octanol–water partition coefficient (Wildman–Crippen LogP) is 0.851. The van der Waals surface area contributed by atoms with Gasteiger partial charge in [0.2, 0.25) is 10.0 Å². The largest absolute Gasteiger partial charge is 0.384 e. The maximum atomic E-state index is 11.6. The monoisotopic (exact) mass is 291 g/mol. The van der Waals surface area contributed by atoms with Crippen molar-refractivity contribution in [2.24, 2.45) is 0 Å². The number of anilines is 1. The molecule has 0 amide bonds. The van der Waals surface area contributed by atoms with E-state index in [1.54, 1.807) is 0 Å². The van der Waals surface area contributed by atoms with E-state index in [0.29, 0.717) is 4.48 Å². The number of nitrogens with zero attached hydrogens (tertiary/aromatic N) is 1. The van der Waals surface area contributed by atoms with Crippen LogP contribution in [0.1, 0.15) is 0 Å². The van der Waals surface area contributed by atoms with Crippen LogP contribution in [-0.2, 0) is 10.0 Å². The first-order valence-corrected chi connectivity index (χ1v) is 6.24. The lowest BCUT2D eigenvalue weighted by atomic mass is 10.5. The zero-order valence-electron chi connectivity index (χ0n) is 7.77. The van der Waals surface area contributed by atoms with Crippen molar-refractivity contribution in [2.45, 2.75) is 4.90 Å². The lowest BCUT2D eigenvalue weighted by Crippen LogP contribution is -2.24. The van der Waals surface area contributed by atoms with Crippen LogP contribution in [0.2, 0.25) is 0 Å². The van der Waals surface area contributed by atoms with Gasteiger partial charge in [-0.2, -0.15) is 0 Å². The highest BCUT2D eigenvalue weighted by Gasteiger charge is 2.13. The minimum atomic E-state index is -3.53. The van der Waals surface area contributed by atoms with Crippen molar-refractivity contribution in [3.8, 4) is 0 Å². The molecular weight excluding hydrogens is 282 g/mol. The molecule has 15 heavy (non-hydrogen) atoms. The summed E-state index contributed by atoms with van der Waals surface area (Å²) in [6.45, 7) is 3.65. The standard InChI is InChI=1S/C8H10BrN3O2S/c1-6(9)4-12-15(13,14)7-2-3-8(10)11-5-7/h2-3,5,12H,1,4H2,(H2,10,11). The predicted molar refractivity (Wildman–Crippen MR) is 61.9 cm³/mol. The molecule has 3 N–H and O–H groups in total. The first kappa shape index (κ1) is 12.2. The van der Waals surface area contributed by atoms with Gasteiger partial charge in [-0.3, -0.25) is 0 Å². The molecule has 7 heteroatoms. The van der Waals surface area contributed by atoms with E-state index in [9.17, 15) is 8.42 Å². The Kier molecular flexibility index (Phi) is 3.83. The maximum Gasteiger partial charge on any atom is 0.242 e. The summed E-state index contributed by atoms with van der Waals surface area (Å²) in [6.07, 6.45) is 1.20. The van der Waals surface area contributed by atoms with Crippen LogP contribution in [0.5, 0.6) is 0 Å². The summed E-state index contributed by atoms with van der Waals surface area (Å²) in [5.74, 6) is 0.277. The summed E-state index contributed by atoms with van der Waals surface area (Å²) >= 11 is 3.05. The Morgan fingerprint density at radius 1 is 1.60 bits per heavy atom. The van der Waals surface area contributed by atoms with Gasteiger partial charge in [-0.15, -0.1) is 0 Å². The van der Waals surface area contributed by atoms with E-state index in [4.69, 9.17) is 5.73 Å². The van der Waals surface area contributed by atoms with E-state index < -0.39 is 10.0 Å². The highest BCUT2D eigenvalue weighted by atomic mass is 79.9. The van der Waals surface area contributed by atoms with Crippen LogP contribution in [0, 0.1) is 0 Å². The highest BCUT2D eigenvalue weighted by molar-refractivity contribution is 9.11. The fraction of sp³-hybridized carbons (Fsp3) is 0.125. The average molecular weight is 292 g/mol. The molecule has 0 aliphatic rings. The smallest absolute Gasteiger partial charge is 0.242 e. The van der Waals surface area contributed by atoms with E-state index in [1.165, 1.54) is 18.3 Å². The Morgan fingerprint density at radius 2 is 2.27 bits per heavy atom. The summed E-state index contributed by atoms with van der Waals surface area (Å²) in [5.41, 5.74) is 5.34. The van der Waals surface area contributed by atoms with Crippen LogP contribution in [-0.4, -0.2) is 19.9 Å². The lowest BCUT2D eigenvalue weighted by molar-refractivity contribution is 0.585. The van der Waals surface area contributed by atoms with E-state index >= 15 is 0 Å². The van der Waals surface area contributed by atoms with Gasteiger partial charge in [0, 0.05) is 17.2 Å². The van der Waals surface area contributed by atoms with Crippen LogP contribution in [0.15, 0.2) is 34.3 Å². The zero-order valence-corrected chi connectivity index (χ0v) is 10.2. The van der Waals surface area contributed by atoms with E-state index in [1.807, 2.05) is 0 Å². The first-order valence-electron chi connectivity index (χ1n) is 3.96. The van der Waals surface area contributed by atoms with Crippen LogP contribution >= 0.6 is 15.9 Å². The number of nitrogens with one attached hydrogen (secondary N) is 1. The number of nitrogen functional groups attached to an aromatic ring is 1. The molecule has 0 saturated carbocycles. The molecule has 1 rings (SSSR count). The Bertz CT molecular complexity index is 455. The van der Waals surface area contributed by atoms with Gasteiger partial charge >= 0.3 is 0 Å². The van der Waals surface area contributed by atoms with Crippen LogP contribution in [0.3, 0.4) is 0 Å². The molecule has 1 aromatic heterocycles. The van der Waals surface area contributed by atoms with Crippen molar-refractivity contribution in [3.05, 3.63) is 29.4 Å². The lowest BCUT2D eigenvalue weighted by Gasteiger charge is -2.05. The van der Waals surface area contributed by atoms with Gasteiger partial charge in [-0.25, -0.2) is 18.1 Å². The number of hydrogen-bond donors (Lipinski definition) is 2. The van der Waals surface area contributed by atoms with Gasteiger partial charge in [-0.1, -0.05) is 22.5 Å². The van der Waals surface area contributed by atoms with Gasteiger partial charge in [-0.05, 0) is 12.1 Å². The van der Waals surface area contributed by atoms with Gasteiger partial charge < -0.3 is 5.73 Å². The second kappa shape index (κ2) is 4.73. The molecule has 0 unspecified atom stereocenters. The molecule has 5 nitrogen and oxygen atoms in total. The molecule has 1 aromatic rings. The molecule has 1 heterocycles. The average Bonchev–Trinajstić information content (AvgIpc) is 2.16. The number of pyridine rings is 1. The summed E-state index contributed by atoms with van der Waals surface area (Å²) in [5, 5.41) is 0. The van der Waals surface area contributed by atoms with Crippen molar-refractivity contribution in [3.63, 3.8) is 0 Å². The number of rotatable bonds is 4. The SMILES string of the molecule is C=C(Br)CNS(=O)(=O)c1ccc(N)nc1. The molecule has 0 fully saturated rings. The third-order valence-electron chi connectivity index (χ3n) is 1.52. The van der Waals surface area contributed by atoms with Crippen LogP contribution in [0.25, 0.3) is 0 Å². The van der Waals surface area contributed by atoms with E-state index in [0.717, 1.165) is 0 Å². The minimum Gasteiger partial charge on any atom is -0.384 e. The summed E-state index contributed by atoms with van der Waals surface area (Å²) in [4.78, 5) is 3.77. The number of nitrogens with two attached hydrogens (primary N) is 1. The minimum absolute atomic E-state index is 0.0745. The van der Waals surface area contributed by atoms with E-state index in [-0.39, 0.29) is 17.3 Å². The molecule has 0 radical (unpaired) electrons. The summed E-state index contributed by atoms with van der Waals surface area (Å²) in [6, 6.07) is 2.82. The molecule has 82 valence electrons. The first-order chi connectivity index (χ1) is 6.92. The molecular formula is C8H10BrN3O2S. The number of hydrogen-bond acceptors (Lipinski definition) is 4. The number of sulfonamides is 1. The van der Waals surface area contributed by atoms with Gasteiger partial charge in [0.25, 0.3) is 0 Å². The molecule has 0 spiro atoms. The Balaban J connectivity index is 2.87. The molecule has 0 atom stereocenters. The van der Waals surface area contributed by atoms with Gasteiger partial charge in [0.15, 0.2) is 0 Å². The molecule has 0 aliphatic heterocycles. The van der Waals surface area contributed by atoms with Crippen LogP contribution in [0.4, 0.5) is 5.82 Å². The third-order valence-corrected chi connectivity index (χ3v) is 3.19. The summed E-state index contributed by atoms with van der Waals surface area (Å²) in [7, 11) is -3.53. The Labute approximate surface area is 96.6 Å². The maximum absolute atomic E-state index is 11.6. The quantitative estimate of drug-likeness (QED) is 0.861. The molecule has 0 bridgehead atoms. The van der Waals surface area contributed by atoms with Gasteiger partial charge in [0.05, 0.1) is 0 Å². The summed E-state index contributed by atoms with van der Waals surface area (Å²) < 4.78 is 26.1. The second-order valence-electron chi connectivity index (χ2n) is 2.76. The fourth-order valence-electron chi connectivity index (χ4n) is 0.807. The molecule has 0 saturated heterocycles. The van der Waals surface area contributed by atoms with Crippen molar-refractivity contribution in [1.29, 1.82) is 0 Å². The normalized spacial score (nSPS) is 11.3. The van der Waals surface area contributed by atoms with Gasteiger partial charge in [0.1, 0.15) is 10.7 Å². The topological polar surface area (TPSA) is 85.1 Å². The Hall–Kier alpha value is -0.920. The Morgan fingerprint density at radius 3 is 2.73 bits per heavy atom.